The number of ether oxygens (including phenoxy) is 2. The molecule has 1 aliphatic rings. The number of hydrogen-bond acceptors (Lipinski definition) is 4. The van der Waals surface area contributed by atoms with E-state index in [1.54, 1.807) is 14.2 Å². The topological polar surface area (TPSA) is 33.7 Å². The van der Waals surface area contributed by atoms with Gasteiger partial charge in [0, 0.05) is 19.1 Å². The summed E-state index contributed by atoms with van der Waals surface area (Å²) in [5.41, 5.74) is 1.30. The molecule has 1 atom stereocenters. The molecule has 0 bridgehead atoms. The second-order valence-corrected chi connectivity index (χ2v) is 5.45. The predicted molar refractivity (Wildman–Crippen MR) is 81.8 cm³/mol. The summed E-state index contributed by atoms with van der Waals surface area (Å²) in [6.45, 7) is 6.81. The first-order valence-electron chi connectivity index (χ1n) is 7.39. The Morgan fingerprint density at radius 3 is 2.80 bits per heavy atom. The Kier molecular flexibility index (Phi) is 5.68. The van der Waals surface area contributed by atoms with Crippen LogP contribution < -0.4 is 14.8 Å². The third-order valence-corrected chi connectivity index (χ3v) is 3.84. The fourth-order valence-electron chi connectivity index (χ4n) is 2.72. The fraction of sp³-hybridized carbons (Fsp3) is 0.625. The second kappa shape index (κ2) is 7.50. The van der Waals surface area contributed by atoms with E-state index in [4.69, 9.17) is 9.47 Å². The third kappa shape index (κ3) is 4.12. The normalized spacial score (nSPS) is 20.4. The summed E-state index contributed by atoms with van der Waals surface area (Å²) in [5.74, 6) is 1.61. The van der Waals surface area contributed by atoms with Crippen molar-refractivity contribution < 1.29 is 9.47 Å². The standard InChI is InChI=1S/C16H26N2O2/c1-13-12-18(9-4-8-17-13)10-7-14-5-6-15(19-2)16(11-14)20-3/h5-6,11,13,17H,4,7-10,12H2,1-3H3. The van der Waals surface area contributed by atoms with Gasteiger partial charge in [-0.15, -0.1) is 0 Å². The van der Waals surface area contributed by atoms with Crippen LogP contribution in [-0.2, 0) is 6.42 Å². The molecule has 2 rings (SSSR count). The van der Waals surface area contributed by atoms with Gasteiger partial charge in [-0.05, 0) is 50.6 Å². The van der Waals surface area contributed by atoms with Gasteiger partial charge in [-0.25, -0.2) is 0 Å². The summed E-state index contributed by atoms with van der Waals surface area (Å²) in [5, 5.41) is 3.53. The summed E-state index contributed by atoms with van der Waals surface area (Å²) in [6, 6.07) is 6.78. The van der Waals surface area contributed by atoms with Gasteiger partial charge < -0.3 is 19.7 Å². The molecule has 0 aliphatic carbocycles. The maximum atomic E-state index is 5.36. The van der Waals surface area contributed by atoms with Gasteiger partial charge in [-0.2, -0.15) is 0 Å². The van der Waals surface area contributed by atoms with Gasteiger partial charge in [0.05, 0.1) is 14.2 Å². The first-order chi connectivity index (χ1) is 9.72. The van der Waals surface area contributed by atoms with Crippen LogP contribution in [0.2, 0.25) is 0 Å². The number of benzene rings is 1. The Labute approximate surface area is 122 Å². The zero-order valence-electron chi connectivity index (χ0n) is 12.8. The van der Waals surface area contributed by atoms with Crippen LogP contribution in [0, 0.1) is 0 Å². The van der Waals surface area contributed by atoms with Crippen molar-refractivity contribution in [2.75, 3.05) is 40.4 Å². The highest BCUT2D eigenvalue weighted by Gasteiger charge is 2.14. The summed E-state index contributed by atoms with van der Waals surface area (Å²) < 4.78 is 10.6. The van der Waals surface area contributed by atoms with Gasteiger partial charge in [0.1, 0.15) is 0 Å². The van der Waals surface area contributed by atoms with Crippen LogP contribution in [0.15, 0.2) is 18.2 Å². The van der Waals surface area contributed by atoms with Crippen molar-refractivity contribution in [1.29, 1.82) is 0 Å². The molecule has 1 fully saturated rings. The molecule has 1 saturated heterocycles. The smallest absolute Gasteiger partial charge is 0.160 e. The van der Waals surface area contributed by atoms with Crippen LogP contribution in [0.5, 0.6) is 11.5 Å². The van der Waals surface area contributed by atoms with Crippen molar-refractivity contribution in [1.82, 2.24) is 10.2 Å². The largest absolute Gasteiger partial charge is 0.493 e. The molecule has 0 aromatic heterocycles. The van der Waals surface area contributed by atoms with Crippen molar-refractivity contribution in [2.24, 2.45) is 0 Å². The fourth-order valence-corrected chi connectivity index (χ4v) is 2.72. The van der Waals surface area contributed by atoms with E-state index in [0.717, 1.165) is 37.6 Å². The molecule has 4 heteroatoms. The highest BCUT2D eigenvalue weighted by atomic mass is 16.5. The average molecular weight is 278 g/mol. The molecule has 1 unspecified atom stereocenters. The molecule has 112 valence electrons. The predicted octanol–water partition coefficient (Wildman–Crippen LogP) is 1.93. The maximum Gasteiger partial charge on any atom is 0.160 e. The van der Waals surface area contributed by atoms with E-state index in [-0.39, 0.29) is 0 Å². The lowest BCUT2D eigenvalue weighted by Gasteiger charge is -2.22. The minimum Gasteiger partial charge on any atom is -0.493 e. The molecule has 0 radical (unpaired) electrons. The van der Waals surface area contributed by atoms with Crippen LogP contribution in [-0.4, -0.2) is 51.3 Å². The van der Waals surface area contributed by atoms with Crippen LogP contribution in [0.4, 0.5) is 0 Å². The number of hydrogen-bond donors (Lipinski definition) is 1. The van der Waals surface area contributed by atoms with Crippen LogP contribution in [0.1, 0.15) is 18.9 Å². The summed E-state index contributed by atoms with van der Waals surface area (Å²) in [4.78, 5) is 2.54. The van der Waals surface area contributed by atoms with Crippen LogP contribution >= 0.6 is 0 Å². The third-order valence-electron chi connectivity index (χ3n) is 3.84. The van der Waals surface area contributed by atoms with Crippen molar-refractivity contribution in [3.05, 3.63) is 23.8 Å². The number of nitrogens with one attached hydrogen (secondary N) is 1. The van der Waals surface area contributed by atoms with E-state index in [2.05, 4.69) is 29.3 Å². The van der Waals surface area contributed by atoms with E-state index in [9.17, 15) is 0 Å². The Hall–Kier alpha value is -1.26. The number of nitrogens with zero attached hydrogens (tertiary/aromatic N) is 1. The Bertz CT molecular complexity index is 423. The maximum absolute atomic E-state index is 5.36. The van der Waals surface area contributed by atoms with Crippen molar-refractivity contribution in [3.8, 4) is 11.5 Å². The van der Waals surface area contributed by atoms with Gasteiger partial charge in [0.25, 0.3) is 0 Å². The molecule has 1 aliphatic heterocycles. The molecule has 20 heavy (non-hydrogen) atoms. The summed E-state index contributed by atoms with van der Waals surface area (Å²) in [7, 11) is 3.35. The molecule has 0 spiro atoms. The lowest BCUT2D eigenvalue weighted by molar-refractivity contribution is 0.276. The number of rotatable bonds is 5. The Morgan fingerprint density at radius 1 is 1.25 bits per heavy atom. The lowest BCUT2D eigenvalue weighted by atomic mass is 10.1. The molecule has 0 amide bonds. The molecule has 0 saturated carbocycles. The second-order valence-electron chi connectivity index (χ2n) is 5.45. The molecule has 4 nitrogen and oxygen atoms in total. The number of methoxy groups -OCH3 is 2. The molecule has 1 aromatic rings. The summed E-state index contributed by atoms with van der Waals surface area (Å²) >= 11 is 0. The van der Waals surface area contributed by atoms with Crippen molar-refractivity contribution in [3.63, 3.8) is 0 Å². The first kappa shape index (κ1) is 15.1. The monoisotopic (exact) mass is 278 g/mol. The van der Waals surface area contributed by atoms with E-state index in [0.29, 0.717) is 6.04 Å². The highest BCUT2D eigenvalue weighted by Crippen LogP contribution is 2.27. The first-order valence-corrected chi connectivity index (χ1v) is 7.39. The van der Waals surface area contributed by atoms with Crippen molar-refractivity contribution >= 4 is 0 Å². The van der Waals surface area contributed by atoms with Gasteiger partial charge >= 0.3 is 0 Å². The zero-order valence-corrected chi connectivity index (χ0v) is 12.8. The molecular weight excluding hydrogens is 252 g/mol. The Morgan fingerprint density at radius 2 is 2.05 bits per heavy atom. The van der Waals surface area contributed by atoms with Gasteiger partial charge in [-0.3, -0.25) is 0 Å². The molecular formula is C16H26N2O2. The van der Waals surface area contributed by atoms with E-state index in [1.807, 2.05) is 6.07 Å². The molecule has 1 N–H and O–H groups in total. The lowest BCUT2D eigenvalue weighted by Crippen LogP contribution is -2.36. The van der Waals surface area contributed by atoms with Crippen molar-refractivity contribution in [2.45, 2.75) is 25.8 Å². The van der Waals surface area contributed by atoms with Crippen LogP contribution in [0.25, 0.3) is 0 Å². The van der Waals surface area contributed by atoms with E-state index >= 15 is 0 Å². The molecule has 1 aromatic carbocycles. The zero-order chi connectivity index (χ0) is 14.4. The SMILES string of the molecule is COc1ccc(CCN2CCCNC(C)C2)cc1OC. The molecule has 1 heterocycles. The van der Waals surface area contributed by atoms with Gasteiger partial charge in [-0.1, -0.05) is 6.07 Å². The Balaban J connectivity index is 1.92. The minimum absolute atomic E-state index is 0.586. The van der Waals surface area contributed by atoms with Gasteiger partial charge in [0.15, 0.2) is 11.5 Å². The average Bonchev–Trinajstić information content (AvgIpc) is 2.69. The highest BCUT2D eigenvalue weighted by molar-refractivity contribution is 5.42. The van der Waals surface area contributed by atoms with Gasteiger partial charge in [0.2, 0.25) is 0 Å². The van der Waals surface area contributed by atoms with Crippen LogP contribution in [0.3, 0.4) is 0 Å². The summed E-state index contributed by atoms with van der Waals surface area (Å²) in [6.07, 6.45) is 2.28. The van der Waals surface area contributed by atoms with E-state index in [1.165, 1.54) is 18.5 Å². The van der Waals surface area contributed by atoms with E-state index < -0.39 is 0 Å². The quantitative estimate of drug-likeness (QED) is 0.892. The minimum atomic E-state index is 0.586.